The van der Waals surface area contributed by atoms with Gasteiger partial charge in [0.2, 0.25) is 0 Å². The quantitative estimate of drug-likeness (QED) is 0.667. The van der Waals surface area contributed by atoms with E-state index in [0.717, 1.165) is 12.0 Å². The summed E-state index contributed by atoms with van der Waals surface area (Å²) >= 11 is 0. The first-order valence-electron chi connectivity index (χ1n) is 4.74. The highest BCUT2D eigenvalue weighted by molar-refractivity contribution is 5.74. The molecule has 0 aromatic carbocycles. The first-order valence-corrected chi connectivity index (χ1v) is 4.74. The fourth-order valence-corrected chi connectivity index (χ4v) is 1.17. The molecule has 0 aliphatic rings. The van der Waals surface area contributed by atoms with E-state index in [0.29, 0.717) is 6.42 Å². The van der Waals surface area contributed by atoms with Crippen LogP contribution in [0.25, 0.3) is 0 Å². The molecule has 0 bridgehead atoms. The van der Waals surface area contributed by atoms with Crippen molar-refractivity contribution in [2.24, 2.45) is 11.3 Å². The van der Waals surface area contributed by atoms with Gasteiger partial charge in [0.15, 0.2) is 0 Å². The molecule has 0 radical (unpaired) electrons. The first-order chi connectivity index (χ1) is 5.84. The predicted octanol–water partition coefficient (Wildman–Crippen LogP) is 3.09. The molecule has 1 N–H and O–H groups in total. The van der Waals surface area contributed by atoms with Gasteiger partial charge in [0.05, 0.1) is 5.41 Å². The second-order valence-electron chi connectivity index (χ2n) is 4.16. The molecular formula is C11H20O2. The van der Waals surface area contributed by atoms with E-state index in [1.165, 1.54) is 0 Å². The molecule has 1 unspecified atom stereocenters. The lowest BCUT2D eigenvalue weighted by Crippen LogP contribution is -2.33. The zero-order chi connectivity index (χ0) is 10.6. The van der Waals surface area contributed by atoms with Crippen LogP contribution in [0.4, 0.5) is 0 Å². The van der Waals surface area contributed by atoms with Gasteiger partial charge < -0.3 is 5.11 Å². The maximum atomic E-state index is 11.1. The molecule has 0 rings (SSSR count). The van der Waals surface area contributed by atoms with Crippen LogP contribution in [-0.2, 0) is 4.79 Å². The van der Waals surface area contributed by atoms with Crippen LogP contribution in [0.1, 0.15) is 40.5 Å². The number of rotatable bonds is 5. The van der Waals surface area contributed by atoms with Crippen LogP contribution in [-0.4, -0.2) is 11.1 Å². The topological polar surface area (TPSA) is 37.3 Å². The molecule has 2 nitrogen and oxygen atoms in total. The fraction of sp³-hybridized carbons (Fsp3) is 0.727. The first kappa shape index (κ1) is 12.2. The lowest BCUT2D eigenvalue weighted by Gasteiger charge is -2.29. The summed E-state index contributed by atoms with van der Waals surface area (Å²) in [6, 6.07) is 0. The van der Waals surface area contributed by atoms with E-state index in [1.54, 1.807) is 6.92 Å². The van der Waals surface area contributed by atoms with E-state index in [4.69, 9.17) is 5.11 Å². The van der Waals surface area contributed by atoms with Gasteiger partial charge in [-0.3, -0.25) is 4.79 Å². The van der Waals surface area contributed by atoms with Crippen molar-refractivity contribution in [3.8, 4) is 0 Å². The molecule has 0 saturated heterocycles. The van der Waals surface area contributed by atoms with Crippen LogP contribution in [0.5, 0.6) is 0 Å². The Hall–Kier alpha value is -0.790. The third-order valence-electron chi connectivity index (χ3n) is 2.88. The Balaban J connectivity index is 4.61. The van der Waals surface area contributed by atoms with Crippen LogP contribution in [0.15, 0.2) is 12.2 Å². The summed E-state index contributed by atoms with van der Waals surface area (Å²) in [6.07, 6.45) is 1.44. The van der Waals surface area contributed by atoms with Gasteiger partial charge in [0, 0.05) is 0 Å². The number of allylic oxidation sites excluding steroid dienone is 1. The molecule has 2 heteroatoms. The molecule has 0 spiro atoms. The van der Waals surface area contributed by atoms with E-state index < -0.39 is 11.4 Å². The van der Waals surface area contributed by atoms with Gasteiger partial charge in [-0.15, -0.1) is 0 Å². The van der Waals surface area contributed by atoms with Crippen molar-refractivity contribution in [2.45, 2.75) is 40.5 Å². The Morgan fingerprint density at radius 1 is 1.54 bits per heavy atom. The van der Waals surface area contributed by atoms with Gasteiger partial charge >= 0.3 is 5.97 Å². The summed E-state index contributed by atoms with van der Waals surface area (Å²) in [6.45, 7) is 11.5. The highest BCUT2D eigenvalue weighted by Crippen LogP contribution is 2.34. The number of carboxylic acid groups (broad SMARTS) is 1. The molecule has 76 valence electrons. The number of aliphatic carboxylic acids is 1. The van der Waals surface area contributed by atoms with E-state index in [9.17, 15) is 4.79 Å². The average Bonchev–Trinajstić information content (AvgIpc) is 2.03. The van der Waals surface area contributed by atoms with Crippen molar-refractivity contribution in [3.63, 3.8) is 0 Å². The van der Waals surface area contributed by atoms with E-state index >= 15 is 0 Å². The third kappa shape index (κ3) is 2.87. The molecule has 13 heavy (non-hydrogen) atoms. The minimum absolute atomic E-state index is 0.133. The molecule has 0 aliphatic heterocycles. The summed E-state index contributed by atoms with van der Waals surface area (Å²) in [4.78, 5) is 11.1. The van der Waals surface area contributed by atoms with Crippen LogP contribution in [0.2, 0.25) is 0 Å². The summed E-state index contributed by atoms with van der Waals surface area (Å²) in [5.74, 6) is -0.592. The van der Waals surface area contributed by atoms with Crippen LogP contribution < -0.4 is 0 Å². The van der Waals surface area contributed by atoms with E-state index in [-0.39, 0.29) is 5.92 Å². The van der Waals surface area contributed by atoms with Crippen molar-refractivity contribution in [3.05, 3.63) is 12.2 Å². The van der Waals surface area contributed by atoms with Crippen LogP contribution in [0, 0.1) is 11.3 Å². The second kappa shape index (κ2) is 4.45. The van der Waals surface area contributed by atoms with Gasteiger partial charge in [-0.05, 0) is 25.7 Å². The average molecular weight is 184 g/mol. The zero-order valence-corrected chi connectivity index (χ0v) is 9.05. The number of hydrogen-bond donors (Lipinski definition) is 1. The zero-order valence-electron chi connectivity index (χ0n) is 9.05. The molecule has 0 aliphatic carbocycles. The van der Waals surface area contributed by atoms with Crippen molar-refractivity contribution in [2.75, 3.05) is 0 Å². The van der Waals surface area contributed by atoms with Crippen LogP contribution >= 0.6 is 0 Å². The van der Waals surface area contributed by atoms with Crippen molar-refractivity contribution in [1.82, 2.24) is 0 Å². The predicted molar refractivity (Wildman–Crippen MR) is 54.6 cm³/mol. The smallest absolute Gasteiger partial charge is 0.309 e. The molecule has 0 heterocycles. The standard InChI is InChI=1S/C11H20O2/c1-6-9(4)7-11(5,8(2)3)10(12)13/h8H,4,6-7H2,1-3,5H3,(H,12,13). The third-order valence-corrected chi connectivity index (χ3v) is 2.88. The molecule has 0 aromatic heterocycles. The summed E-state index contributed by atoms with van der Waals surface area (Å²) in [5, 5.41) is 9.11. The number of carboxylic acids is 1. The lowest BCUT2D eigenvalue weighted by atomic mass is 9.74. The Morgan fingerprint density at radius 3 is 2.23 bits per heavy atom. The van der Waals surface area contributed by atoms with E-state index in [1.807, 2.05) is 20.8 Å². The van der Waals surface area contributed by atoms with E-state index in [2.05, 4.69) is 6.58 Å². The highest BCUT2D eigenvalue weighted by atomic mass is 16.4. The molecule has 1 atom stereocenters. The lowest BCUT2D eigenvalue weighted by molar-refractivity contribution is -0.150. The summed E-state index contributed by atoms with van der Waals surface area (Å²) in [7, 11) is 0. The second-order valence-corrected chi connectivity index (χ2v) is 4.16. The molecule has 0 fully saturated rings. The SMILES string of the molecule is C=C(CC)CC(C)(C(=O)O)C(C)C. The van der Waals surface area contributed by atoms with Crippen molar-refractivity contribution >= 4 is 5.97 Å². The Kier molecular flexibility index (Phi) is 4.18. The number of carbonyl (C=O) groups is 1. The summed E-state index contributed by atoms with van der Waals surface area (Å²) in [5.41, 5.74) is 0.353. The largest absolute Gasteiger partial charge is 0.481 e. The molecule has 0 amide bonds. The minimum Gasteiger partial charge on any atom is -0.481 e. The Labute approximate surface area is 80.7 Å². The maximum absolute atomic E-state index is 11.1. The molecule has 0 saturated carbocycles. The molecule has 0 aromatic rings. The van der Waals surface area contributed by atoms with Crippen LogP contribution in [0.3, 0.4) is 0 Å². The Morgan fingerprint density at radius 2 is 2.00 bits per heavy atom. The highest BCUT2D eigenvalue weighted by Gasteiger charge is 2.36. The maximum Gasteiger partial charge on any atom is 0.309 e. The Bertz CT molecular complexity index is 206. The van der Waals surface area contributed by atoms with Gasteiger partial charge in [0.1, 0.15) is 0 Å². The van der Waals surface area contributed by atoms with Gasteiger partial charge in [0.25, 0.3) is 0 Å². The van der Waals surface area contributed by atoms with Crippen molar-refractivity contribution in [1.29, 1.82) is 0 Å². The molecular weight excluding hydrogens is 164 g/mol. The van der Waals surface area contributed by atoms with Gasteiger partial charge in [-0.2, -0.15) is 0 Å². The fourth-order valence-electron chi connectivity index (χ4n) is 1.17. The van der Waals surface area contributed by atoms with Gasteiger partial charge in [-0.25, -0.2) is 0 Å². The van der Waals surface area contributed by atoms with Crippen molar-refractivity contribution < 1.29 is 9.90 Å². The summed E-state index contributed by atoms with van der Waals surface area (Å²) < 4.78 is 0. The van der Waals surface area contributed by atoms with Gasteiger partial charge in [-0.1, -0.05) is 32.9 Å². The monoisotopic (exact) mass is 184 g/mol. The number of hydrogen-bond acceptors (Lipinski definition) is 1. The minimum atomic E-state index is -0.725. The normalized spacial score (nSPS) is 15.5.